The van der Waals surface area contributed by atoms with Crippen LogP contribution in [0.25, 0.3) is 0 Å². The van der Waals surface area contributed by atoms with Gasteiger partial charge in [0.15, 0.2) is 6.10 Å². The summed E-state index contributed by atoms with van der Waals surface area (Å²) in [6.07, 6.45) is 81.3. The van der Waals surface area contributed by atoms with Gasteiger partial charge in [0.05, 0.1) is 0 Å². The van der Waals surface area contributed by atoms with Gasteiger partial charge in [0.25, 0.3) is 0 Å². The molecule has 0 aliphatic rings. The average molecular weight is 1070 g/mol. The first-order valence-electron chi connectivity index (χ1n) is 33.6. The molecule has 0 heterocycles. The fraction of sp³-hybridized carbons (Fsp3) is 0.843. The van der Waals surface area contributed by atoms with E-state index < -0.39 is 6.10 Å². The SMILES string of the molecule is CC/C=C\C/C=C\C/C=C\C/C=C\CCCCCCCCCCCCCCCCCCC(=O)OCC(COC(=O)CCCCCCCCCCCCCC)OC(=O)CCCCCCCCCCCCCCCCCCC. The zero-order valence-electron chi connectivity index (χ0n) is 51.0. The molecule has 0 bridgehead atoms. The normalized spacial score (nSPS) is 12.3. The topological polar surface area (TPSA) is 78.9 Å². The third kappa shape index (κ3) is 62.2. The minimum absolute atomic E-state index is 0.0657. The second-order valence-corrected chi connectivity index (χ2v) is 22.7. The molecular formula is C70H128O6. The highest BCUT2D eigenvalue weighted by atomic mass is 16.6. The minimum Gasteiger partial charge on any atom is -0.462 e. The van der Waals surface area contributed by atoms with E-state index in [4.69, 9.17) is 14.2 Å². The molecule has 0 aromatic rings. The van der Waals surface area contributed by atoms with Crippen LogP contribution in [-0.2, 0) is 28.6 Å². The molecule has 0 spiro atoms. The lowest BCUT2D eigenvalue weighted by atomic mass is 10.0. The molecule has 0 aromatic heterocycles. The lowest BCUT2D eigenvalue weighted by molar-refractivity contribution is -0.167. The Morgan fingerprint density at radius 3 is 0.803 bits per heavy atom. The summed E-state index contributed by atoms with van der Waals surface area (Å²) in [5, 5.41) is 0. The van der Waals surface area contributed by atoms with E-state index in [2.05, 4.69) is 69.4 Å². The molecule has 0 saturated carbocycles. The van der Waals surface area contributed by atoms with Crippen LogP contribution < -0.4 is 0 Å². The minimum atomic E-state index is -0.768. The van der Waals surface area contributed by atoms with E-state index >= 15 is 0 Å². The van der Waals surface area contributed by atoms with Crippen LogP contribution in [0.1, 0.15) is 361 Å². The van der Waals surface area contributed by atoms with Gasteiger partial charge in [-0.15, -0.1) is 0 Å². The first-order chi connectivity index (χ1) is 37.5. The molecule has 0 N–H and O–H groups in total. The smallest absolute Gasteiger partial charge is 0.306 e. The monoisotopic (exact) mass is 1060 g/mol. The Bertz CT molecular complexity index is 1310. The molecule has 6 nitrogen and oxygen atoms in total. The number of carbonyl (C=O) groups is 3. The van der Waals surface area contributed by atoms with Crippen LogP contribution in [-0.4, -0.2) is 37.2 Å². The molecule has 0 aromatic carbocycles. The summed E-state index contributed by atoms with van der Waals surface area (Å²) in [6.45, 7) is 6.59. The van der Waals surface area contributed by atoms with Crippen molar-refractivity contribution in [3.8, 4) is 0 Å². The van der Waals surface area contributed by atoms with Gasteiger partial charge in [0, 0.05) is 19.3 Å². The van der Waals surface area contributed by atoms with Crippen molar-refractivity contribution in [1.29, 1.82) is 0 Å². The lowest BCUT2D eigenvalue weighted by Gasteiger charge is -2.18. The molecule has 1 atom stereocenters. The molecule has 76 heavy (non-hydrogen) atoms. The number of allylic oxidation sites excluding steroid dienone is 8. The lowest BCUT2D eigenvalue weighted by Crippen LogP contribution is -2.30. The molecule has 1 unspecified atom stereocenters. The summed E-state index contributed by atoms with van der Waals surface area (Å²) in [5.74, 6) is -0.839. The van der Waals surface area contributed by atoms with Crippen molar-refractivity contribution >= 4 is 17.9 Å². The number of unbranched alkanes of at least 4 members (excludes halogenated alkanes) is 43. The van der Waals surface area contributed by atoms with Crippen LogP contribution in [0.3, 0.4) is 0 Å². The molecule has 0 saturated heterocycles. The molecule has 0 fully saturated rings. The highest BCUT2D eigenvalue weighted by Crippen LogP contribution is 2.18. The molecule has 6 heteroatoms. The molecule has 0 radical (unpaired) electrons. The summed E-state index contributed by atoms with van der Waals surface area (Å²) >= 11 is 0. The van der Waals surface area contributed by atoms with Crippen molar-refractivity contribution < 1.29 is 28.6 Å². The zero-order valence-corrected chi connectivity index (χ0v) is 51.0. The van der Waals surface area contributed by atoms with Crippen molar-refractivity contribution in [3.63, 3.8) is 0 Å². The Morgan fingerprint density at radius 1 is 0.276 bits per heavy atom. The Labute approximate surface area is 473 Å². The van der Waals surface area contributed by atoms with Gasteiger partial charge in [-0.1, -0.05) is 333 Å². The summed E-state index contributed by atoms with van der Waals surface area (Å²) < 4.78 is 17.0. The van der Waals surface area contributed by atoms with Gasteiger partial charge in [0.2, 0.25) is 0 Å². The summed E-state index contributed by atoms with van der Waals surface area (Å²) in [7, 11) is 0. The fourth-order valence-electron chi connectivity index (χ4n) is 10.1. The van der Waals surface area contributed by atoms with Crippen molar-refractivity contribution in [2.45, 2.75) is 367 Å². The zero-order chi connectivity index (χ0) is 55.0. The van der Waals surface area contributed by atoms with Crippen LogP contribution in [0.4, 0.5) is 0 Å². The van der Waals surface area contributed by atoms with Crippen molar-refractivity contribution in [2.24, 2.45) is 0 Å². The standard InChI is InChI=1S/C70H128O6/c1-4-7-10-13-16-19-22-25-27-29-30-31-32-33-34-35-36-37-38-39-40-42-43-45-48-51-54-57-60-63-69(72)75-66-67(65-74-68(71)62-59-56-53-50-47-24-21-18-15-12-9-6-3)76-70(73)64-61-58-55-52-49-46-44-41-28-26-23-20-17-14-11-8-5-2/h7,10,16,19,25,27,30-31,67H,4-6,8-9,11-15,17-18,20-24,26,28-29,32-66H2,1-3H3/b10-7-,19-16-,27-25-,31-30-. The molecular weight excluding hydrogens is 937 g/mol. The van der Waals surface area contributed by atoms with E-state index in [1.807, 2.05) is 0 Å². The van der Waals surface area contributed by atoms with E-state index in [1.165, 1.54) is 238 Å². The van der Waals surface area contributed by atoms with E-state index in [0.717, 1.165) is 83.5 Å². The van der Waals surface area contributed by atoms with Crippen molar-refractivity contribution in [1.82, 2.24) is 0 Å². The van der Waals surface area contributed by atoms with E-state index in [9.17, 15) is 14.4 Å². The van der Waals surface area contributed by atoms with Gasteiger partial charge in [0.1, 0.15) is 13.2 Å². The first-order valence-corrected chi connectivity index (χ1v) is 33.6. The van der Waals surface area contributed by atoms with Crippen LogP contribution in [0.5, 0.6) is 0 Å². The quantitative estimate of drug-likeness (QED) is 0.0261. The van der Waals surface area contributed by atoms with Crippen LogP contribution in [0.15, 0.2) is 48.6 Å². The molecule has 0 aliphatic heterocycles. The number of rotatable bonds is 62. The molecule has 0 aliphatic carbocycles. The van der Waals surface area contributed by atoms with Gasteiger partial charge in [-0.3, -0.25) is 14.4 Å². The number of esters is 3. The Hall–Kier alpha value is -2.63. The summed E-state index contributed by atoms with van der Waals surface area (Å²) in [6, 6.07) is 0. The summed E-state index contributed by atoms with van der Waals surface area (Å²) in [4.78, 5) is 38.3. The number of carbonyl (C=O) groups excluding carboxylic acids is 3. The Morgan fingerprint density at radius 2 is 0.513 bits per heavy atom. The van der Waals surface area contributed by atoms with Gasteiger partial charge in [-0.2, -0.15) is 0 Å². The molecule has 444 valence electrons. The third-order valence-electron chi connectivity index (χ3n) is 15.1. The van der Waals surface area contributed by atoms with Crippen molar-refractivity contribution in [2.75, 3.05) is 13.2 Å². The predicted molar refractivity (Wildman–Crippen MR) is 330 cm³/mol. The maximum Gasteiger partial charge on any atom is 0.306 e. The van der Waals surface area contributed by atoms with E-state index in [1.54, 1.807) is 0 Å². The van der Waals surface area contributed by atoms with Gasteiger partial charge in [-0.25, -0.2) is 0 Å². The van der Waals surface area contributed by atoms with E-state index in [0.29, 0.717) is 19.3 Å². The van der Waals surface area contributed by atoms with Crippen LogP contribution >= 0.6 is 0 Å². The third-order valence-corrected chi connectivity index (χ3v) is 15.1. The van der Waals surface area contributed by atoms with Gasteiger partial charge in [-0.05, 0) is 57.8 Å². The van der Waals surface area contributed by atoms with E-state index in [-0.39, 0.29) is 31.1 Å². The van der Waals surface area contributed by atoms with Gasteiger partial charge >= 0.3 is 17.9 Å². The van der Waals surface area contributed by atoms with Crippen LogP contribution in [0, 0.1) is 0 Å². The maximum absolute atomic E-state index is 12.9. The Kier molecular flexibility index (Phi) is 62.6. The van der Waals surface area contributed by atoms with Crippen LogP contribution in [0.2, 0.25) is 0 Å². The second kappa shape index (κ2) is 64.9. The number of hydrogen-bond acceptors (Lipinski definition) is 6. The summed E-state index contributed by atoms with van der Waals surface area (Å²) in [5.41, 5.74) is 0. The van der Waals surface area contributed by atoms with Gasteiger partial charge < -0.3 is 14.2 Å². The first kappa shape index (κ1) is 73.4. The number of ether oxygens (including phenoxy) is 3. The van der Waals surface area contributed by atoms with Crippen molar-refractivity contribution in [3.05, 3.63) is 48.6 Å². The highest BCUT2D eigenvalue weighted by Gasteiger charge is 2.19. The second-order valence-electron chi connectivity index (χ2n) is 22.7. The largest absolute Gasteiger partial charge is 0.462 e. The molecule has 0 rings (SSSR count). The Balaban J connectivity index is 4.16. The maximum atomic E-state index is 12.9. The average Bonchev–Trinajstić information content (AvgIpc) is 3.42. The predicted octanol–water partition coefficient (Wildman–Crippen LogP) is 22.9. The highest BCUT2D eigenvalue weighted by molar-refractivity contribution is 5.71. The number of hydrogen-bond donors (Lipinski definition) is 0. The fourth-order valence-corrected chi connectivity index (χ4v) is 10.1. The molecule has 0 amide bonds.